The molecule has 1 unspecified atom stereocenters. The van der Waals surface area contributed by atoms with Gasteiger partial charge in [-0.2, -0.15) is 16.9 Å². The summed E-state index contributed by atoms with van der Waals surface area (Å²) >= 11 is 1.94. The van der Waals surface area contributed by atoms with Crippen LogP contribution >= 0.6 is 11.8 Å². The fourth-order valence-electron chi connectivity index (χ4n) is 3.07. The predicted molar refractivity (Wildman–Crippen MR) is 85.8 cm³/mol. The molecule has 0 aliphatic carbocycles. The van der Waals surface area contributed by atoms with Gasteiger partial charge in [-0.1, -0.05) is 0 Å². The van der Waals surface area contributed by atoms with Crippen molar-refractivity contribution in [1.82, 2.24) is 20.0 Å². The van der Waals surface area contributed by atoms with Gasteiger partial charge in [0, 0.05) is 36.3 Å². The smallest absolute Gasteiger partial charge is 0.274 e. The van der Waals surface area contributed by atoms with Crippen molar-refractivity contribution >= 4 is 17.7 Å². The lowest BCUT2D eigenvalue weighted by Crippen LogP contribution is -2.46. The van der Waals surface area contributed by atoms with Gasteiger partial charge < -0.3 is 10.2 Å². The highest BCUT2D eigenvalue weighted by atomic mass is 32.2. The van der Waals surface area contributed by atoms with E-state index in [-0.39, 0.29) is 10.7 Å². The van der Waals surface area contributed by atoms with Gasteiger partial charge in [-0.15, -0.1) is 0 Å². The Labute approximate surface area is 130 Å². The number of amides is 1. The van der Waals surface area contributed by atoms with Crippen LogP contribution in [0.3, 0.4) is 0 Å². The summed E-state index contributed by atoms with van der Waals surface area (Å²) in [4.78, 5) is 14.6. The summed E-state index contributed by atoms with van der Waals surface area (Å²) in [5, 5.41) is 7.92. The second-order valence-electron chi connectivity index (χ2n) is 6.52. The highest BCUT2D eigenvalue weighted by Gasteiger charge is 2.31. The second-order valence-corrected chi connectivity index (χ2v) is 8.32. The number of nitrogens with zero attached hydrogens (tertiary/aromatic N) is 3. The minimum atomic E-state index is 0.0749. The van der Waals surface area contributed by atoms with E-state index in [0.717, 1.165) is 38.4 Å². The van der Waals surface area contributed by atoms with Crippen LogP contribution in [0.15, 0.2) is 12.3 Å². The van der Waals surface area contributed by atoms with Crippen molar-refractivity contribution in [1.29, 1.82) is 0 Å². The maximum Gasteiger partial charge on any atom is 0.274 e. The molecule has 0 spiro atoms. The van der Waals surface area contributed by atoms with Crippen LogP contribution in [-0.2, 0) is 0 Å². The molecule has 1 atom stereocenters. The first kappa shape index (κ1) is 14.9. The molecule has 2 saturated heterocycles. The Kier molecular flexibility index (Phi) is 4.26. The third kappa shape index (κ3) is 3.43. The SMILES string of the molecule is CC1(C)CN(C(=O)c2ccn(C3CCCNC3)n2)CCS1. The van der Waals surface area contributed by atoms with Gasteiger partial charge in [-0.05, 0) is 39.3 Å². The summed E-state index contributed by atoms with van der Waals surface area (Å²) in [6.45, 7) is 8.05. The number of aromatic nitrogens is 2. The number of hydrogen-bond acceptors (Lipinski definition) is 4. The molecule has 116 valence electrons. The lowest BCUT2D eigenvalue weighted by Gasteiger charge is -2.37. The molecule has 0 saturated carbocycles. The molecule has 2 fully saturated rings. The Morgan fingerprint density at radius 1 is 1.52 bits per heavy atom. The molecular formula is C15H24N4OS. The molecule has 6 heteroatoms. The molecule has 0 aromatic carbocycles. The zero-order valence-corrected chi connectivity index (χ0v) is 13.7. The van der Waals surface area contributed by atoms with Gasteiger partial charge in [0.05, 0.1) is 6.04 Å². The molecule has 1 aromatic rings. The molecule has 1 amide bonds. The van der Waals surface area contributed by atoms with E-state index in [4.69, 9.17) is 0 Å². The van der Waals surface area contributed by atoms with Gasteiger partial charge in [-0.3, -0.25) is 9.48 Å². The fourth-order valence-corrected chi connectivity index (χ4v) is 4.18. The van der Waals surface area contributed by atoms with Crippen LogP contribution in [0.5, 0.6) is 0 Å². The Balaban J connectivity index is 1.69. The van der Waals surface area contributed by atoms with Crippen molar-refractivity contribution in [3.63, 3.8) is 0 Å². The van der Waals surface area contributed by atoms with Crippen LogP contribution in [0.1, 0.15) is 43.2 Å². The van der Waals surface area contributed by atoms with E-state index in [1.165, 1.54) is 6.42 Å². The van der Waals surface area contributed by atoms with Crippen molar-refractivity contribution in [3.05, 3.63) is 18.0 Å². The standard InChI is InChI=1S/C15H24N4OS/c1-15(2)11-18(8-9-21-15)14(20)13-5-7-19(17-13)12-4-3-6-16-10-12/h5,7,12,16H,3-4,6,8-11H2,1-2H3. The summed E-state index contributed by atoms with van der Waals surface area (Å²) in [6.07, 6.45) is 4.26. The van der Waals surface area contributed by atoms with Crippen LogP contribution in [0.2, 0.25) is 0 Å². The maximum atomic E-state index is 12.6. The van der Waals surface area contributed by atoms with E-state index in [0.29, 0.717) is 11.7 Å². The first-order chi connectivity index (χ1) is 10.1. The van der Waals surface area contributed by atoms with Crippen LogP contribution in [0.25, 0.3) is 0 Å². The minimum Gasteiger partial charge on any atom is -0.335 e. The van der Waals surface area contributed by atoms with Crippen LogP contribution in [-0.4, -0.2) is 57.3 Å². The number of nitrogens with one attached hydrogen (secondary N) is 1. The van der Waals surface area contributed by atoms with Crippen molar-refractivity contribution in [2.75, 3.05) is 31.9 Å². The maximum absolute atomic E-state index is 12.6. The Morgan fingerprint density at radius 3 is 3.10 bits per heavy atom. The van der Waals surface area contributed by atoms with Crippen molar-refractivity contribution in [2.45, 2.75) is 37.5 Å². The van der Waals surface area contributed by atoms with Crippen molar-refractivity contribution < 1.29 is 4.79 Å². The molecule has 3 heterocycles. The molecule has 0 radical (unpaired) electrons. The van der Waals surface area contributed by atoms with E-state index in [9.17, 15) is 4.79 Å². The topological polar surface area (TPSA) is 50.2 Å². The summed E-state index contributed by atoms with van der Waals surface area (Å²) in [5.74, 6) is 1.08. The summed E-state index contributed by atoms with van der Waals surface area (Å²) in [6, 6.07) is 2.25. The minimum absolute atomic E-state index is 0.0749. The molecule has 1 N–H and O–H groups in total. The largest absolute Gasteiger partial charge is 0.335 e. The normalized spacial score (nSPS) is 25.8. The third-order valence-electron chi connectivity index (χ3n) is 4.19. The van der Waals surface area contributed by atoms with Gasteiger partial charge in [0.15, 0.2) is 0 Å². The molecule has 1 aromatic heterocycles. The van der Waals surface area contributed by atoms with Crippen LogP contribution in [0, 0.1) is 0 Å². The van der Waals surface area contributed by atoms with E-state index < -0.39 is 0 Å². The van der Waals surface area contributed by atoms with Crippen molar-refractivity contribution in [2.24, 2.45) is 0 Å². The molecule has 21 heavy (non-hydrogen) atoms. The lowest BCUT2D eigenvalue weighted by molar-refractivity contribution is 0.0740. The molecule has 0 bridgehead atoms. The number of hydrogen-bond donors (Lipinski definition) is 1. The molecular weight excluding hydrogens is 284 g/mol. The Hall–Kier alpha value is -1.01. The summed E-state index contributed by atoms with van der Waals surface area (Å²) < 4.78 is 2.10. The lowest BCUT2D eigenvalue weighted by atomic mass is 10.1. The zero-order valence-electron chi connectivity index (χ0n) is 12.8. The van der Waals surface area contributed by atoms with Gasteiger partial charge >= 0.3 is 0 Å². The van der Waals surface area contributed by atoms with E-state index in [1.807, 2.05) is 33.6 Å². The Bertz CT molecular complexity index is 508. The number of rotatable bonds is 2. The number of thioether (sulfide) groups is 1. The monoisotopic (exact) mass is 308 g/mol. The van der Waals surface area contributed by atoms with Gasteiger partial charge in [0.2, 0.25) is 0 Å². The van der Waals surface area contributed by atoms with Crippen LogP contribution in [0.4, 0.5) is 0 Å². The highest BCUT2D eigenvalue weighted by molar-refractivity contribution is 8.00. The van der Waals surface area contributed by atoms with Gasteiger partial charge in [-0.25, -0.2) is 0 Å². The summed E-state index contributed by atoms with van der Waals surface area (Å²) in [5.41, 5.74) is 0.586. The van der Waals surface area contributed by atoms with E-state index in [1.54, 1.807) is 0 Å². The average molecular weight is 308 g/mol. The Morgan fingerprint density at radius 2 is 2.38 bits per heavy atom. The van der Waals surface area contributed by atoms with Crippen molar-refractivity contribution in [3.8, 4) is 0 Å². The summed E-state index contributed by atoms with van der Waals surface area (Å²) in [7, 11) is 0. The molecule has 5 nitrogen and oxygen atoms in total. The highest BCUT2D eigenvalue weighted by Crippen LogP contribution is 2.30. The first-order valence-corrected chi connectivity index (χ1v) is 8.73. The van der Waals surface area contributed by atoms with Gasteiger partial charge in [0.25, 0.3) is 5.91 Å². The number of piperidine rings is 1. The van der Waals surface area contributed by atoms with E-state index >= 15 is 0 Å². The average Bonchev–Trinajstić information content (AvgIpc) is 2.96. The van der Waals surface area contributed by atoms with E-state index in [2.05, 4.69) is 24.3 Å². The molecule has 2 aliphatic rings. The van der Waals surface area contributed by atoms with Gasteiger partial charge in [0.1, 0.15) is 5.69 Å². The first-order valence-electron chi connectivity index (χ1n) is 7.74. The predicted octanol–water partition coefficient (Wildman–Crippen LogP) is 1.78. The number of carbonyl (C=O) groups is 1. The number of carbonyl (C=O) groups excluding carboxylic acids is 1. The quantitative estimate of drug-likeness (QED) is 0.905. The van der Waals surface area contributed by atoms with Crippen LogP contribution < -0.4 is 5.32 Å². The fraction of sp³-hybridized carbons (Fsp3) is 0.733. The molecule has 3 rings (SSSR count). The zero-order chi connectivity index (χ0) is 14.9. The second kappa shape index (κ2) is 6.01. The molecule has 2 aliphatic heterocycles. The third-order valence-corrected chi connectivity index (χ3v) is 5.48.